The van der Waals surface area contributed by atoms with E-state index in [1.54, 1.807) is 24.4 Å². The molecule has 7 nitrogen and oxygen atoms in total. The van der Waals surface area contributed by atoms with Gasteiger partial charge in [-0.25, -0.2) is 9.97 Å². The number of carbonyl (C=O) groups is 1. The molecule has 0 unspecified atom stereocenters. The summed E-state index contributed by atoms with van der Waals surface area (Å²) in [4.78, 5) is 18.9. The Kier molecular flexibility index (Phi) is 4.26. The molecule has 0 spiro atoms. The number of fused-ring (bicyclic) bond motifs is 1. The molecule has 3 aromatic rings. The first-order valence-electron chi connectivity index (χ1n) is 7.08. The van der Waals surface area contributed by atoms with Crippen LogP contribution in [0.25, 0.3) is 22.0 Å². The van der Waals surface area contributed by atoms with Gasteiger partial charge in [-0.2, -0.15) is 18.3 Å². The highest BCUT2D eigenvalue weighted by atomic mass is 19.4. The Hall–Kier alpha value is -3.17. The standard InChI is InChI=1S/C15H12F3N5O2/c16-15(17,18)7-25-14-11-3-1-2-10(13(11)20-8-21-14)9-4-22-23(5-9)6-12(19)24/h1-5,8H,6-7H2,(H2,19,24). The van der Waals surface area contributed by atoms with Crippen molar-refractivity contribution in [2.24, 2.45) is 5.73 Å². The van der Waals surface area contributed by atoms with Crippen LogP contribution >= 0.6 is 0 Å². The topological polar surface area (TPSA) is 95.9 Å². The summed E-state index contributed by atoms with van der Waals surface area (Å²) >= 11 is 0. The third kappa shape index (κ3) is 3.84. The maximum Gasteiger partial charge on any atom is 0.422 e. The van der Waals surface area contributed by atoms with E-state index < -0.39 is 18.7 Å². The molecular weight excluding hydrogens is 339 g/mol. The molecule has 0 saturated heterocycles. The number of aromatic nitrogens is 4. The van der Waals surface area contributed by atoms with Crippen LogP contribution in [0.5, 0.6) is 5.88 Å². The molecule has 0 radical (unpaired) electrons. The van der Waals surface area contributed by atoms with E-state index in [9.17, 15) is 18.0 Å². The summed E-state index contributed by atoms with van der Waals surface area (Å²) in [7, 11) is 0. The molecule has 25 heavy (non-hydrogen) atoms. The zero-order valence-corrected chi connectivity index (χ0v) is 12.7. The Balaban J connectivity index is 2.00. The summed E-state index contributed by atoms with van der Waals surface area (Å²) < 4.78 is 43.3. The molecule has 0 atom stereocenters. The lowest BCUT2D eigenvalue weighted by Gasteiger charge is -2.11. The van der Waals surface area contributed by atoms with Crippen LogP contribution < -0.4 is 10.5 Å². The van der Waals surface area contributed by atoms with E-state index in [-0.39, 0.29) is 12.4 Å². The van der Waals surface area contributed by atoms with Crippen molar-refractivity contribution in [1.82, 2.24) is 19.7 Å². The number of alkyl halides is 3. The van der Waals surface area contributed by atoms with Gasteiger partial charge in [0.25, 0.3) is 0 Å². The van der Waals surface area contributed by atoms with E-state index in [1.807, 2.05) is 0 Å². The molecule has 0 saturated carbocycles. The van der Waals surface area contributed by atoms with Gasteiger partial charge in [-0.05, 0) is 6.07 Å². The molecule has 0 bridgehead atoms. The Morgan fingerprint density at radius 1 is 1.28 bits per heavy atom. The van der Waals surface area contributed by atoms with Gasteiger partial charge in [0.05, 0.1) is 17.1 Å². The molecule has 0 aliphatic rings. The molecule has 0 aliphatic carbocycles. The van der Waals surface area contributed by atoms with Crippen molar-refractivity contribution in [2.75, 3.05) is 6.61 Å². The minimum absolute atomic E-state index is 0.0836. The van der Waals surface area contributed by atoms with Gasteiger partial charge in [-0.15, -0.1) is 0 Å². The van der Waals surface area contributed by atoms with Gasteiger partial charge in [-0.1, -0.05) is 12.1 Å². The first kappa shape index (κ1) is 16.7. The lowest BCUT2D eigenvalue weighted by molar-refractivity contribution is -0.153. The fourth-order valence-electron chi connectivity index (χ4n) is 2.31. The lowest BCUT2D eigenvalue weighted by atomic mass is 10.1. The van der Waals surface area contributed by atoms with Crippen molar-refractivity contribution in [1.29, 1.82) is 0 Å². The monoisotopic (exact) mass is 351 g/mol. The van der Waals surface area contributed by atoms with E-state index >= 15 is 0 Å². The molecule has 1 amide bonds. The predicted molar refractivity (Wildman–Crippen MR) is 81.5 cm³/mol. The summed E-state index contributed by atoms with van der Waals surface area (Å²) in [6.07, 6.45) is -0.232. The Morgan fingerprint density at radius 3 is 2.80 bits per heavy atom. The molecule has 2 N–H and O–H groups in total. The summed E-state index contributed by atoms with van der Waals surface area (Å²) in [6.45, 7) is -1.53. The van der Waals surface area contributed by atoms with Crippen LogP contribution in [-0.2, 0) is 11.3 Å². The van der Waals surface area contributed by atoms with Crippen LogP contribution in [-0.4, -0.2) is 38.4 Å². The molecule has 0 aliphatic heterocycles. The van der Waals surface area contributed by atoms with E-state index in [2.05, 4.69) is 15.1 Å². The molecule has 3 rings (SSSR count). The zero-order chi connectivity index (χ0) is 18.0. The Morgan fingerprint density at radius 2 is 2.08 bits per heavy atom. The van der Waals surface area contributed by atoms with Gasteiger partial charge >= 0.3 is 6.18 Å². The number of primary amides is 1. The number of carbonyl (C=O) groups excluding carboxylic acids is 1. The fourth-order valence-corrected chi connectivity index (χ4v) is 2.31. The highest BCUT2D eigenvalue weighted by Gasteiger charge is 2.29. The molecule has 1 aromatic carbocycles. The minimum atomic E-state index is -4.47. The van der Waals surface area contributed by atoms with Crippen molar-refractivity contribution >= 4 is 16.8 Å². The number of hydrogen-bond donors (Lipinski definition) is 1. The second kappa shape index (κ2) is 6.38. The van der Waals surface area contributed by atoms with Gasteiger partial charge in [0.2, 0.25) is 11.8 Å². The Bertz CT molecular complexity index is 923. The van der Waals surface area contributed by atoms with E-state index in [0.29, 0.717) is 22.0 Å². The number of nitrogens with zero attached hydrogens (tertiary/aromatic N) is 4. The number of ether oxygens (including phenoxy) is 1. The average Bonchev–Trinajstić information content (AvgIpc) is 2.99. The number of benzene rings is 1. The van der Waals surface area contributed by atoms with Crippen LogP contribution in [0, 0.1) is 0 Å². The number of halogens is 3. The van der Waals surface area contributed by atoms with Gasteiger partial charge in [0.15, 0.2) is 6.61 Å². The van der Waals surface area contributed by atoms with Crippen molar-refractivity contribution in [3.8, 4) is 17.0 Å². The number of para-hydroxylation sites is 1. The van der Waals surface area contributed by atoms with Crippen molar-refractivity contribution in [3.05, 3.63) is 36.9 Å². The summed E-state index contributed by atoms with van der Waals surface area (Å²) in [5.74, 6) is -0.702. The quantitative estimate of drug-likeness (QED) is 0.758. The van der Waals surface area contributed by atoms with Gasteiger partial charge in [-0.3, -0.25) is 9.48 Å². The van der Waals surface area contributed by atoms with Crippen LogP contribution in [0.15, 0.2) is 36.9 Å². The van der Waals surface area contributed by atoms with E-state index in [1.165, 1.54) is 10.9 Å². The van der Waals surface area contributed by atoms with Crippen LogP contribution in [0.1, 0.15) is 0 Å². The van der Waals surface area contributed by atoms with Crippen LogP contribution in [0.3, 0.4) is 0 Å². The third-order valence-electron chi connectivity index (χ3n) is 3.26. The largest absolute Gasteiger partial charge is 0.467 e. The normalized spacial score (nSPS) is 11.6. The number of hydrogen-bond acceptors (Lipinski definition) is 5. The van der Waals surface area contributed by atoms with Gasteiger partial charge in [0, 0.05) is 17.3 Å². The number of rotatable bonds is 5. The molecule has 130 valence electrons. The van der Waals surface area contributed by atoms with Crippen LogP contribution in [0.4, 0.5) is 13.2 Å². The maximum absolute atomic E-state index is 12.4. The first-order valence-corrected chi connectivity index (χ1v) is 7.08. The van der Waals surface area contributed by atoms with Crippen LogP contribution in [0.2, 0.25) is 0 Å². The highest BCUT2D eigenvalue weighted by molar-refractivity contribution is 5.95. The lowest BCUT2D eigenvalue weighted by Crippen LogP contribution is -2.19. The smallest absolute Gasteiger partial charge is 0.422 e. The predicted octanol–water partition coefficient (Wildman–Crippen LogP) is 1.92. The maximum atomic E-state index is 12.4. The van der Waals surface area contributed by atoms with Gasteiger partial charge in [0.1, 0.15) is 12.9 Å². The summed E-state index contributed by atoms with van der Waals surface area (Å²) in [5, 5.41) is 4.36. The second-order valence-corrected chi connectivity index (χ2v) is 5.18. The summed E-state index contributed by atoms with van der Waals surface area (Å²) in [6, 6.07) is 4.94. The molecule has 10 heteroatoms. The summed E-state index contributed by atoms with van der Waals surface area (Å²) in [5.41, 5.74) is 6.78. The van der Waals surface area contributed by atoms with E-state index in [0.717, 1.165) is 6.33 Å². The van der Waals surface area contributed by atoms with Gasteiger partial charge < -0.3 is 10.5 Å². The second-order valence-electron chi connectivity index (χ2n) is 5.18. The first-order chi connectivity index (χ1) is 11.8. The molecule has 0 fully saturated rings. The van der Waals surface area contributed by atoms with Crippen molar-refractivity contribution in [2.45, 2.75) is 12.7 Å². The van der Waals surface area contributed by atoms with Crippen molar-refractivity contribution < 1.29 is 22.7 Å². The molecule has 2 heterocycles. The third-order valence-corrected chi connectivity index (χ3v) is 3.26. The minimum Gasteiger partial charge on any atom is -0.467 e. The highest BCUT2D eigenvalue weighted by Crippen LogP contribution is 2.31. The van der Waals surface area contributed by atoms with Crippen molar-refractivity contribution in [3.63, 3.8) is 0 Å². The molecule has 2 aromatic heterocycles. The molecular formula is C15H12F3N5O2. The fraction of sp³-hybridized carbons (Fsp3) is 0.200. The average molecular weight is 351 g/mol. The number of amides is 1. The van der Waals surface area contributed by atoms with E-state index in [4.69, 9.17) is 10.5 Å². The SMILES string of the molecule is NC(=O)Cn1cc(-c2cccc3c(OCC(F)(F)F)ncnc23)cn1. The zero-order valence-electron chi connectivity index (χ0n) is 12.7. The Labute approximate surface area is 139 Å². The number of nitrogens with two attached hydrogens (primary N) is 1.